The molecule has 60 heavy (non-hydrogen) atoms. The average Bonchev–Trinajstić information content (AvgIpc) is 3.93. The van der Waals surface area contributed by atoms with E-state index in [2.05, 4.69) is 224 Å². The maximum absolute atomic E-state index is 6.65. The average molecular weight is 769 g/mol. The first-order valence-electron chi connectivity index (χ1n) is 20.8. The molecule has 2 heterocycles. The summed E-state index contributed by atoms with van der Waals surface area (Å²) in [5.74, 6) is 0. The van der Waals surface area contributed by atoms with Crippen LogP contribution >= 0.6 is 0 Å². The molecule has 0 saturated heterocycles. The molecule has 0 radical (unpaired) electrons. The first-order valence-corrected chi connectivity index (χ1v) is 20.8. The molecule has 284 valence electrons. The van der Waals surface area contributed by atoms with Crippen LogP contribution in [0.3, 0.4) is 0 Å². The quantitative estimate of drug-likeness (QED) is 0.168. The fourth-order valence-electron chi connectivity index (χ4n) is 9.81. The van der Waals surface area contributed by atoms with E-state index >= 15 is 0 Å². The lowest BCUT2D eigenvalue weighted by Crippen LogP contribution is -2.16. The van der Waals surface area contributed by atoms with Crippen molar-refractivity contribution >= 4 is 60.8 Å². The summed E-state index contributed by atoms with van der Waals surface area (Å²) < 4.78 is 9.03. The van der Waals surface area contributed by atoms with Crippen molar-refractivity contribution in [3.8, 4) is 39.1 Å². The number of hydrogen-bond donors (Lipinski definition) is 0. The van der Waals surface area contributed by atoms with Crippen molar-refractivity contribution in [3.63, 3.8) is 0 Å². The normalized spacial score (nSPS) is 13.0. The second kappa shape index (κ2) is 13.2. The zero-order chi connectivity index (χ0) is 40.0. The Kier molecular flexibility index (Phi) is 7.58. The lowest BCUT2D eigenvalue weighted by Gasteiger charge is -2.28. The van der Waals surface area contributed by atoms with Gasteiger partial charge in [-0.3, -0.25) is 0 Å². The number of rotatable bonds is 6. The standard InChI is InChI=1S/C57H40N2O/c1-57(2)51-35-40(38-15-7-4-8-16-38)23-31-45(51)46-32-30-44(36-52(46)57)58(41-24-21-39(22-25-41)37-13-5-3-6-14-37)42-26-28-43(29-27-42)59-53-19-11-9-17-47(53)49-33-34-50-48-18-10-12-20-54(48)60-56(50)55(49)59/h3-36H,1-2H3. The van der Waals surface area contributed by atoms with Crippen molar-refractivity contribution in [2.24, 2.45) is 0 Å². The summed E-state index contributed by atoms with van der Waals surface area (Å²) in [7, 11) is 0. The van der Waals surface area contributed by atoms with Crippen molar-refractivity contribution in [1.29, 1.82) is 0 Å². The molecular weight excluding hydrogens is 729 g/mol. The van der Waals surface area contributed by atoms with Crippen molar-refractivity contribution < 1.29 is 4.42 Å². The van der Waals surface area contributed by atoms with Crippen molar-refractivity contribution in [1.82, 2.24) is 4.57 Å². The Morgan fingerprint density at radius 3 is 1.68 bits per heavy atom. The minimum atomic E-state index is -0.184. The van der Waals surface area contributed by atoms with Gasteiger partial charge in [0.1, 0.15) is 5.58 Å². The molecule has 3 nitrogen and oxygen atoms in total. The Morgan fingerprint density at radius 2 is 0.950 bits per heavy atom. The maximum atomic E-state index is 6.65. The molecule has 12 rings (SSSR count). The molecule has 11 aromatic rings. The molecule has 1 aliphatic carbocycles. The van der Waals surface area contributed by atoms with Crippen LogP contribution in [0.25, 0.3) is 82.8 Å². The summed E-state index contributed by atoms with van der Waals surface area (Å²) in [6.07, 6.45) is 0. The summed E-state index contributed by atoms with van der Waals surface area (Å²) in [5.41, 5.74) is 18.5. The highest BCUT2D eigenvalue weighted by molar-refractivity contribution is 6.21. The van der Waals surface area contributed by atoms with Crippen LogP contribution < -0.4 is 4.90 Å². The van der Waals surface area contributed by atoms with Gasteiger partial charge in [0.15, 0.2) is 5.58 Å². The van der Waals surface area contributed by atoms with E-state index in [0.29, 0.717) is 0 Å². The Labute approximate surface area is 349 Å². The number of para-hydroxylation sites is 2. The first-order chi connectivity index (χ1) is 29.5. The van der Waals surface area contributed by atoms with E-state index in [9.17, 15) is 0 Å². The smallest absolute Gasteiger partial charge is 0.160 e. The minimum absolute atomic E-state index is 0.184. The molecule has 0 unspecified atom stereocenters. The van der Waals surface area contributed by atoms with Crippen LogP contribution in [-0.4, -0.2) is 4.57 Å². The largest absolute Gasteiger partial charge is 0.454 e. The van der Waals surface area contributed by atoms with Gasteiger partial charge >= 0.3 is 0 Å². The number of furan rings is 1. The molecule has 9 aromatic carbocycles. The van der Waals surface area contributed by atoms with Gasteiger partial charge in [-0.2, -0.15) is 0 Å². The lowest BCUT2D eigenvalue weighted by molar-refractivity contribution is 0.660. The van der Waals surface area contributed by atoms with Crippen LogP contribution in [0.4, 0.5) is 17.1 Å². The summed E-state index contributed by atoms with van der Waals surface area (Å²) in [4.78, 5) is 2.40. The fourth-order valence-corrected chi connectivity index (χ4v) is 9.81. The van der Waals surface area contributed by atoms with E-state index in [-0.39, 0.29) is 5.41 Å². The van der Waals surface area contributed by atoms with Crippen LogP contribution in [0.1, 0.15) is 25.0 Å². The number of fused-ring (bicyclic) bond motifs is 10. The number of anilines is 3. The molecule has 1 aliphatic rings. The zero-order valence-corrected chi connectivity index (χ0v) is 33.4. The maximum Gasteiger partial charge on any atom is 0.160 e. The zero-order valence-electron chi connectivity index (χ0n) is 33.4. The van der Waals surface area contributed by atoms with Gasteiger partial charge in [-0.25, -0.2) is 0 Å². The molecule has 0 atom stereocenters. The predicted molar refractivity (Wildman–Crippen MR) is 251 cm³/mol. The Hall–Kier alpha value is -7.62. The van der Waals surface area contributed by atoms with Crippen LogP contribution in [0.15, 0.2) is 211 Å². The minimum Gasteiger partial charge on any atom is -0.454 e. The number of hydrogen-bond acceptors (Lipinski definition) is 2. The van der Waals surface area contributed by atoms with Crippen molar-refractivity contribution in [3.05, 3.63) is 217 Å². The molecule has 0 N–H and O–H groups in total. The fraction of sp³-hybridized carbons (Fsp3) is 0.0526. The molecule has 0 aliphatic heterocycles. The second-order valence-corrected chi connectivity index (χ2v) is 16.5. The Morgan fingerprint density at radius 1 is 0.417 bits per heavy atom. The van der Waals surface area contributed by atoms with E-state index < -0.39 is 0 Å². The van der Waals surface area contributed by atoms with E-state index in [1.54, 1.807) is 0 Å². The molecule has 0 spiro atoms. The van der Waals surface area contributed by atoms with Crippen LogP contribution in [0, 0.1) is 0 Å². The number of aromatic nitrogens is 1. The third-order valence-electron chi connectivity index (χ3n) is 12.8. The third-order valence-corrected chi connectivity index (χ3v) is 12.8. The summed E-state index contributed by atoms with van der Waals surface area (Å²) in [6, 6.07) is 74.8. The second-order valence-electron chi connectivity index (χ2n) is 16.5. The Bertz CT molecular complexity index is 3430. The van der Waals surface area contributed by atoms with Gasteiger partial charge in [0, 0.05) is 49.7 Å². The van der Waals surface area contributed by atoms with E-state index in [0.717, 1.165) is 55.7 Å². The topological polar surface area (TPSA) is 21.3 Å². The van der Waals surface area contributed by atoms with E-state index in [1.165, 1.54) is 55.3 Å². The Balaban J connectivity index is 1.00. The van der Waals surface area contributed by atoms with Gasteiger partial charge < -0.3 is 13.9 Å². The van der Waals surface area contributed by atoms with Gasteiger partial charge in [-0.1, -0.05) is 147 Å². The highest BCUT2D eigenvalue weighted by Gasteiger charge is 2.36. The number of benzene rings is 9. The van der Waals surface area contributed by atoms with Crippen LogP contribution in [0.5, 0.6) is 0 Å². The molecule has 3 heteroatoms. The lowest BCUT2D eigenvalue weighted by atomic mass is 9.81. The highest BCUT2D eigenvalue weighted by Crippen LogP contribution is 2.52. The van der Waals surface area contributed by atoms with Gasteiger partial charge in [0.25, 0.3) is 0 Å². The van der Waals surface area contributed by atoms with Gasteiger partial charge in [0.2, 0.25) is 0 Å². The predicted octanol–water partition coefficient (Wildman–Crippen LogP) is 15.8. The van der Waals surface area contributed by atoms with Gasteiger partial charge in [-0.05, 0) is 117 Å². The molecule has 0 saturated carbocycles. The first kappa shape index (κ1) is 34.4. The third kappa shape index (κ3) is 5.22. The van der Waals surface area contributed by atoms with Crippen molar-refractivity contribution in [2.45, 2.75) is 19.3 Å². The molecule has 0 bridgehead atoms. The number of nitrogens with zero attached hydrogens (tertiary/aromatic N) is 2. The summed E-state index contributed by atoms with van der Waals surface area (Å²) >= 11 is 0. The van der Waals surface area contributed by atoms with E-state index in [4.69, 9.17) is 4.42 Å². The van der Waals surface area contributed by atoms with Gasteiger partial charge in [-0.15, -0.1) is 0 Å². The summed E-state index contributed by atoms with van der Waals surface area (Å²) in [5, 5.41) is 4.64. The molecule has 2 aromatic heterocycles. The van der Waals surface area contributed by atoms with Crippen molar-refractivity contribution in [2.75, 3.05) is 4.90 Å². The molecular formula is C57H40N2O. The molecule has 0 amide bonds. The SMILES string of the molecule is CC1(C)c2cc(-c3ccccc3)ccc2-c2ccc(N(c3ccc(-c4ccccc4)cc3)c3ccc(-n4c5ccccc5c5ccc6c7ccccc7oc6c54)cc3)cc21. The van der Waals surface area contributed by atoms with Gasteiger partial charge in [0.05, 0.1) is 11.0 Å². The monoisotopic (exact) mass is 768 g/mol. The van der Waals surface area contributed by atoms with Crippen LogP contribution in [0.2, 0.25) is 0 Å². The molecule has 0 fully saturated rings. The highest BCUT2D eigenvalue weighted by atomic mass is 16.3. The van der Waals surface area contributed by atoms with E-state index in [1.807, 2.05) is 6.07 Å². The summed E-state index contributed by atoms with van der Waals surface area (Å²) in [6.45, 7) is 4.74. The van der Waals surface area contributed by atoms with Crippen LogP contribution in [-0.2, 0) is 5.41 Å².